The van der Waals surface area contributed by atoms with Gasteiger partial charge in [-0.25, -0.2) is 4.39 Å². The topological polar surface area (TPSA) is 49.3 Å². The minimum absolute atomic E-state index is 0.123. The second-order valence-electron chi connectivity index (χ2n) is 4.27. The first-order valence-corrected chi connectivity index (χ1v) is 6.46. The number of hydrogen-bond donors (Lipinski definition) is 2. The number of halogens is 2. The molecule has 3 nitrogen and oxygen atoms in total. The minimum atomic E-state index is -0.613. The molecule has 0 bridgehead atoms. The van der Waals surface area contributed by atoms with Crippen LogP contribution in [0.2, 0.25) is 5.02 Å². The number of benzene rings is 2. The first-order valence-electron chi connectivity index (χ1n) is 6.08. The number of carbonyl (C=O) groups is 1. The summed E-state index contributed by atoms with van der Waals surface area (Å²) in [5, 5.41) is 11.7. The average molecular weight is 294 g/mol. The molecule has 2 N–H and O–H groups in total. The van der Waals surface area contributed by atoms with Gasteiger partial charge in [-0.2, -0.15) is 0 Å². The summed E-state index contributed by atoms with van der Waals surface area (Å²) in [4.78, 5) is 11.9. The van der Waals surface area contributed by atoms with Crippen molar-refractivity contribution < 1.29 is 14.3 Å². The highest BCUT2D eigenvalue weighted by atomic mass is 35.5. The number of phenols is 1. The summed E-state index contributed by atoms with van der Waals surface area (Å²) >= 11 is 5.74. The molecule has 0 aliphatic carbocycles. The Morgan fingerprint density at radius 3 is 2.60 bits per heavy atom. The highest BCUT2D eigenvalue weighted by molar-refractivity contribution is 6.34. The summed E-state index contributed by atoms with van der Waals surface area (Å²) in [5.41, 5.74) is 1.10. The van der Waals surface area contributed by atoms with Crippen LogP contribution in [0.4, 0.5) is 4.39 Å². The maximum absolute atomic E-state index is 13.2. The predicted octanol–water partition coefficient (Wildman–Crippen LogP) is 3.16. The molecule has 0 saturated carbocycles. The van der Waals surface area contributed by atoms with Gasteiger partial charge in [0.2, 0.25) is 0 Å². The second kappa shape index (κ2) is 6.39. The molecule has 0 spiro atoms. The number of phenolic OH excluding ortho intramolecular Hbond substituents is 1. The molecule has 2 aromatic carbocycles. The Morgan fingerprint density at radius 2 is 1.90 bits per heavy atom. The van der Waals surface area contributed by atoms with E-state index in [-0.39, 0.29) is 16.3 Å². The van der Waals surface area contributed by atoms with Gasteiger partial charge in [-0.3, -0.25) is 4.79 Å². The maximum atomic E-state index is 13.2. The minimum Gasteiger partial charge on any atom is -0.508 e. The van der Waals surface area contributed by atoms with Crippen molar-refractivity contribution in [2.45, 2.75) is 6.42 Å². The van der Waals surface area contributed by atoms with Crippen molar-refractivity contribution in [1.82, 2.24) is 5.32 Å². The summed E-state index contributed by atoms with van der Waals surface area (Å²) in [5.74, 6) is -0.824. The lowest BCUT2D eigenvalue weighted by Gasteiger charge is -2.07. The molecule has 1 amide bonds. The van der Waals surface area contributed by atoms with Crippen LogP contribution in [0.3, 0.4) is 0 Å². The molecule has 2 rings (SSSR count). The Hall–Kier alpha value is -2.07. The molecule has 0 aromatic heterocycles. The van der Waals surface area contributed by atoms with E-state index in [1.807, 2.05) is 0 Å². The standard InChI is InChI=1S/C15H13ClFNO2/c16-14-12(2-1-3-13(14)17)15(20)18-9-8-10-4-6-11(19)7-5-10/h1-7,19H,8-9H2,(H,18,20). The van der Waals surface area contributed by atoms with E-state index in [2.05, 4.69) is 5.32 Å². The first kappa shape index (κ1) is 14.3. The van der Waals surface area contributed by atoms with Crippen molar-refractivity contribution >= 4 is 17.5 Å². The van der Waals surface area contributed by atoms with Gasteiger partial charge in [-0.05, 0) is 36.2 Å². The third-order valence-electron chi connectivity index (χ3n) is 2.83. The Balaban J connectivity index is 1.92. The van der Waals surface area contributed by atoms with Crippen LogP contribution in [0.15, 0.2) is 42.5 Å². The van der Waals surface area contributed by atoms with Crippen LogP contribution in [0.25, 0.3) is 0 Å². The first-order chi connectivity index (χ1) is 9.58. The third kappa shape index (κ3) is 3.48. The fourth-order valence-electron chi connectivity index (χ4n) is 1.76. The Bertz CT molecular complexity index is 614. The van der Waals surface area contributed by atoms with Crippen LogP contribution in [0, 0.1) is 5.82 Å². The van der Waals surface area contributed by atoms with E-state index in [0.29, 0.717) is 13.0 Å². The summed E-state index contributed by atoms with van der Waals surface area (Å²) in [7, 11) is 0. The fourth-order valence-corrected chi connectivity index (χ4v) is 1.97. The van der Waals surface area contributed by atoms with E-state index in [1.54, 1.807) is 24.3 Å². The Morgan fingerprint density at radius 1 is 1.20 bits per heavy atom. The fraction of sp³-hybridized carbons (Fsp3) is 0.133. The number of hydrogen-bond acceptors (Lipinski definition) is 2. The molecule has 2 aromatic rings. The molecule has 0 radical (unpaired) electrons. The number of amides is 1. The van der Waals surface area contributed by atoms with Gasteiger partial charge < -0.3 is 10.4 Å². The second-order valence-corrected chi connectivity index (χ2v) is 4.65. The Kier molecular flexibility index (Phi) is 4.58. The largest absolute Gasteiger partial charge is 0.508 e. The highest BCUT2D eigenvalue weighted by Gasteiger charge is 2.12. The Labute approximate surface area is 121 Å². The predicted molar refractivity (Wildman–Crippen MR) is 75.6 cm³/mol. The maximum Gasteiger partial charge on any atom is 0.252 e. The van der Waals surface area contributed by atoms with Gasteiger partial charge in [0.15, 0.2) is 0 Å². The molecular formula is C15H13ClFNO2. The lowest BCUT2D eigenvalue weighted by molar-refractivity contribution is 0.0954. The van der Waals surface area contributed by atoms with E-state index in [0.717, 1.165) is 5.56 Å². The van der Waals surface area contributed by atoms with E-state index in [4.69, 9.17) is 16.7 Å². The van der Waals surface area contributed by atoms with Crippen molar-refractivity contribution in [1.29, 1.82) is 0 Å². The van der Waals surface area contributed by atoms with Gasteiger partial charge in [0, 0.05) is 6.54 Å². The zero-order chi connectivity index (χ0) is 14.5. The van der Waals surface area contributed by atoms with Crippen LogP contribution in [-0.2, 0) is 6.42 Å². The van der Waals surface area contributed by atoms with Gasteiger partial charge in [0.05, 0.1) is 10.6 Å². The number of aromatic hydroxyl groups is 1. The number of carbonyl (C=O) groups excluding carboxylic acids is 1. The highest BCUT2D eigenvalue weighted by Crippen LogP contribution is 2.19. The third-order valence-corrected chi connectivity index (χ3v) is 3.22. The molecule has 0 saturated heterocycles. The van der Waals surface area contributed by atoms with Crippen molar-refractivity contribution in [3.63, 3.8) is 0 Å². The van der Waals surface area contributed by atoms with Crippen molar-refractivity contribution in [3.05, 3.63) is 64.4 Å². The van der Waals surface area contributed by atoms with E-state index in [1.165, 1.54) is 18.2 Å². The molecule has 0 aliphatic rings. The molecule has 0 fully saturated rings. The molecular weight excluding hydrogens is 281 g/mol. The van der Waals surface area contributed by atoms with Gasteiger partial charge in [0.1, 0.15) is 11.6 Å². The molecule has 0 unspecified atom stereocenters. The number of rotatable bonds is 4. The molecule has 0 atom stereocenters. The van der Waals surface area contributed by atoms with Crippen LogP contribution in [-0.4, -0.2) is 17.6 Å². The monoisotopic (exact) mass is 293 g/mol. The van der Waals surface area contributed by atoms with Crippen LogP contribution in [0.5, 0.6) is 5.75 Å². The smallest absolute Gasteiger partial charge is 0.252 e. The lowest BCUT2D eigenvalue weighted by atomic mass is 10.1. The van der Waals surface area contributed by atoms with E-state index in [9.17, 15) is 9.18 Å². The summed E-state index contributed by atoms with van der Waals surface area (Å²) in [6, 6.07) is 10.8. The normalized spacial score (nSPS) is 10.3. The van der Waals surface area contributed by atoms with Crippen molar-refractivity contribution in [2.75, 3.05) is 6.54 Å². The van der Waals surface area contributed by atoms with Crippen LogP contribution >= 0.6 is 11.6 Å². The number of nitrogens with one attached hydrogen (secondary N) is 1. The SMILES string of the molecule is O=C(NCCc1ccc(O)cc1)c1cccc(F)c1Cl. The van der Waals surface area contributed by atoms with Crippen molar-refractivity contribution in [2.24, 2.45) is 0 Å². The van der Waals surface area contributed by atoms with Crippen molar-refractivity contribution in [3.8, 4) is 5.75 Å². The van der Waals surface area contributed by atoms with Gasteiger partial charge in [-0.15, -0.1) is 0 Å². The van der Waals surface area contributed by atoms with Gasteiger partial charge in [0.25, 0.3) is 5.91 Å². The van der Waals surface area contributed by atoms with E-state index < -0.39 is 11.7 Å². The van der Waals surface area contributed by atoms with E-state index >= 15 is 0 Å². The zero-order valence-electron chi connectivity index (χ0n) is 10.6. The quantitative estimate of drug-likeness (QED) is 0.910. The van der Waals surface area contributed by atoms with Gasteiger partial charge >= 0.3 is 0 Å². The summed E-state index contributed by atoms with van der Waals surface area (Å²) in [6.07, 6.45) is 0.610. The van der Waals surface area contributed by atoms with Gasteiger partial charge in [-0.1, -0.05) is 29.8 Å². The summed E-state index contributed by atoms with van der Waals surface area (Å²) in [6.45, 7) is 0.399. The van der Waals surface area contributed by atoms with Crippen LogP contribution in [0.1, 0.15) is 15.9 Å². The molecule has 20 heavy (non-hydrogen) atoms. The molecule has 104 valence electrons. The lowest BCUT2D eigenvalue weighted by Crippen LogP contribution is -2.26. The zero-order valence-corrected chi connectivity index (χ0v) is 11.3. The summed E-state index contributed by atoms with van der Waals surface area (Å²) < 4.78 is 13.2. The molecule has 0 heterocycles. The van der Waals surface area contributed by atoms with Crippen LogP contribution < -0.4 is 5.32 Å². The molecule has 0 aliphatic heterocycles. The molecule has 5 heteroatoms. The average Bonchev–Trinajstić information content (AvgIpc) is 2.44.